The van der Waals surface area contributed by atoms with Gasteiger partial charge in [0, 0.05) is 26.2 Å². The van der Waals surface area contributed by atoms with Crippen LogP contribution in [0.4, 0.5) is 4.79 Å². The van der Waals surface area contributed by atoms with Crippen LogP contribution in [0, 0.1) is 11.8 Å². The third-order valence-electron chi connectivity index (χ3n) is 5.62. The maximum Gasteiger partial charge on any atom is 0.317 e. The highest BCUT2D eigenvalue weighted by atomic mass is 16.5. The van der Waals surface area contributed by atoms with Crippen molar-refractivity contribution in [2.24, 2.45) is 11.8 Å². The number of likely N-dealkylation sites (N-methyl/N-ethyl adjacent to an activating group) is 1. The highest BCUT2D eigenvalue weighted by Crippen LogP contribution is 2.17. The molecule has 0 aromatic carbocycles. The highest BCUT2D eigenvalue weighted by molar-refractivity contribution is 5.74. The van der Waals surface area contributed by atoms with Gasteiger partial charge in [0.05, 0.1) is 19.3 Å². The number of hydrogen-bond donors (Lipinski definition) is 2. The zero-order chi connectivity index (χ0) is 20.5. The number of carboxylic acid groups (broad SMARTS) is 1. The summed E-state index contributed by atoms with van der Waals surface area (Å²) in [5, 5.41) is 12.0. The van der Waals surface area contributed by atoms with Gasteiger partial charge in [0.2, 0.25) is 0 Å². The van der Waals surface area contributed by atoms with Crippen molar-refractivity contribution in [3.63, 3.8) is 0 Å². The van der Waals surface area contributed by atoms with E-state index in [1.165, 1.54) is 13.0 Å². The molecule has 8 heteroatoms. The molecule has 0 radical (unpaired) electrons. The Balaban J connectivity index is 1.65. The zero-order valence-electron chi connectivity index (χ0n) is 17.7. The Morgan fingerprint density at radius 2 is 1.96 bits per heavy atom. The van der Waals surface area contributed by atoms with E-state index in [0.717, 1.165) is 38.4 Å². The van der Waals surface area contributed by atoms with Crippen LogP contribution in [0.1, 0.15) is 33.1 Å². The van der Waals surface area contributed by atoms with Crippen molar-refractivity contribution >= 4 is 12.0 Å². The lowest BCUT2D eigenvalue weighted by Crippen LogP contribution is -2.53. The Kier molecular flexibility index (Phi) is 9.47. The number of ether oxygens (including phenoxy) is 1. The van der Waals surface area contributed by atoms with E-state index in [0.29, 0.717) is 32.2 Å². The molecule has 0 spiro atoms. The molecule has 8 nitrogen and oxygen atoms in total. The highest BCUT2D eigenvalue weighted by Gasteiger charge is 2.26. The average molecular weight is 399 g/mol. The fraction of sp³-hybridized carbons (Fsp3) is 0.900. The SMILES string of the molecule is CC(C)CCN1CCC(CNC(=O)N2CCOC(CN(C)CC(=O)O)C2)CC1. The maximum atomic E-state index is 12.5. The molecule has 2 aliphatic rings. The number of hydrogen-bond acceptors (Lipinski definition) is 5. The van der Waals surface area contributed by atoms with Gasteiger partial charge in [-0.25, -0.2) is 4.79 Å². The number of aliphatic carboxylic acids is 1. The van der Waals surface area contributed by atoms with E-state index in [1.807, 2.05) is 0 Å². The molecule has 2 saturated heterocycles. The first kappa shape index (κ1) is 22.9. The van der Waals surface area contributed by atoms with Crippen molar-refractivity contribution in [2.45, 2.75) is 39.2 Å². The fourth-order valence-electron chi connectivity index (χ4n) is 3.86. The van der Waals surface area contributed by atoms with Crippen LogP contribution in [0.15, 0.2) is 0 Å². The number of nitrogens with one attached hydrogen (secondary N) is 1. The number of rotatable bonds is 9. The molecule has 28 heavy (non-hydrogen) atoms. The van der Waals surface area contributed by atoms with Crippen molar-refractivity contribution in [1.82, 2.24) is 20.0 Å². The van der Waals surface area contributed by atoms with Gasteiger partial charge in [-0.3, -0.25) is 9.69 Å². The van der Waals surface area contributed by atoms with Gasteiger partial charge < -0.3 is 25.0 Å². The lowest BCUT2D eigenvalue weighted by Gasteiger charge is -2.35. The van der Waals surface area contributed by atoms with Gasteiger partial charge in [0.15, 0.2) is 0 Å². The normalized spacial score (nSPS) is 22.0. The molecule has 0 saturated carbocycles. The second-order valence-electron chi connectivity index (χ2n) is 8.68. The minimum Gasteiger partial charge on any atom is -0.480 e. The number of morpholine rings is 1. The number of carboxylic acids is 1. The topological polar surface area (TPSA) is 85.4 Å². The molecule has 0 bridgehead atoms. The van der Waals surface area contributed by atoms with Crippen LogP contribution in [0.3, 0.4) is 0 Å². The van der Waals surface area contributed by atoms with Crippen molar-refractivity contribution in [3.05, 3.63) is 0 Å². The first-order valence-corrected chi connectivity index (χ1v) is 10.6. The van der Waals surface area contributed by atoms with Crippen LogP contribution in [0.2, 0.25) is 0 Å². The number of amides is 2. The average Bonchev–Trinajstić information content (AvgIpc) is 2.64. The van der Waals surface area contributed by atoms with Gasteiger partial charge in [-0.2, -0.15) is 0 Å². The van der Waals surface area contributed by atoms with E-state index in [1.54, 1.807) is 16.8 Å². The minimum absolute atomic E-state index is 0.0259. The Bertz CT molecular complexity index is 495. The molecule has 2 N–H and O–H groups in total. The quantitative estimate of drug-likeness (QED) is 0.607. The first-order valence-electron chi connectivity index (χ1n) is 10.6. The summed E-state index contributed by atoms with van der Waals surface area (Å²) in [6.07, 6.45) is 3.39. The fourth-order valence-corrected chi connectivity index (χ4v) is 3.86. The maximum absolute atomic E-state index is 12.5. The molecule has 2 aliphatic heterocycles. The molecule has 162 valence electrons. The van der Waals surface area contributed by atoms with Crippen molar-refractivity contribution in [3.8, 4) is 0 Å². The predicted molar refractivity (Wildman–Crippen MR) is 108 cm³/mol. The summed E-state index contributed by atoms with van der Waals surface area (Å²) in [5.74, 6) is 0.444. The molecule has 0 aromatic rings. The third kappa shape index (κ3) is 8.32. The smallest absolute Gasteiger partial charge is 0.317 e. The van der Waals surface area contributed by atoms with Crippen LogP contribution in [0.25, 0.3) is 0 Å². The van der Waals surface area contributed by atoms with E-state index in [9.17, 15) is 9.59 Å². The van der Waals surface area contributed by atoms with Crippen LogP contribution >= 0.6 is 0 Å². The molecule has 2 heterocycles. The van der Waals surface area contributed by atoms with Gasteiger partial charge >= 0.3 is 12.0 Å². The molecule has 0 aliphatic carbocycles. The van der Waals surface area contributed by atoms with Gasteiger partial charge in [0.25, 0.3) is 0 Å². The lowest BCUT2D eigenvalue weighted by atomic mass is 9.96. The Morgan fingerprint density at radius 3 is 2.61 bits per heavy atom. The number of carbonyl (C=O) groups excluding carboxylic acids is 1. The third-order valence-corrected chi connectivity index (χ3v) is 5.62. The number of likely N-dealkylation sites (tertiary alicyclic amines) is 1. The van der Waals surface area contributed by atoms with Gasteiger partial charge in [0.1, 0.15) is 0 Å². The molecule has 1 unspecified atom stereocenters. The van der Waals surface area contributed by atoms with Crippen molar-refractivity contribution in [1.29, 1.82) is 0 Å². The molecule has 2 rings (SSSR count). The van der Waals surface area contributed by atoms with E-state index in [-0.39, 0.29) is 18.7 Å². The van der Waals surface area contributed by atoms with Crippen LogP contribution in [-0.2, 0) is 9.53 Å². The summed E-state index contributed by atoms with van der Waals surface area (Å²) < 4.78 is 5.69. The lowest BCUT2D eigenvalue weighted by molar-refractivity contribution is -0.138. The number of nitrogens with zero attached hydrogens (tertiary/aromatic N) is 3. The summed E-state index contributed by atoms with van der Waals surface area (Å²) in [7, 11) is 1.75. The summed E-state index contributed by atoms with van der Waals surface area (Å²) in [6, 6.07) is -0.0311. The second-order valence-corrected chi connectivity index (χ2v) is 8.68. The van der Waals surface area contributed by atoms with Crippen molar-refractivity contribution in [2.75, 3.05) is 66.0 Å². The first-order chi connectivity index (χ1) is 13.3. The second kappa shape index (κ2) is 11.6. The summed E-state index contributed by atoms with van der Waals surface area (Å²) in [6.45, 7) is 10.8. The van der Waals surface area contributed by atoms with Crippen molar-refractivity contribution < 1.29 is 19.4 Å². The zero-order valence-corrected chi connectivity index (χ0v) is 17.7. The van der Waals surface area contributed by atoms with E-state index >= 15 is 0 Å². The Hall–Kier alpha value is -1.38. The monoisotopic (exact) mass is 398 g/mol. The number of piperidine rings is 1. The molecular weight excluding hydrogens is 360 g/mol. The summed E-state index contributed by atoms with van der Waals surface area (Å²) in [4.78, 5) is 29.4. The van der Waals surface area contributed by atoms with E-state index in [2.05, 4.69) is 24.1 Å². The van der Waals surface area contributed by atoms with Crippen LogP contribution in [-0.4, -0.2) is 104 Å². The Morgan fingerprint density at radius 1 is 1.25 bits per heavy atom. The molecule has 0 aromatic heterocycles. The van der Waals surface area contributed by atoms with E-state index < -0.39 is 5.97 Å². The van der Waals surface area contributed by atoms with Crippen LogP contribution in [0.5, 0.6) is 0 Å². The van der Waals surface area contributed by atoms with Gasteiger partial charge in [-0.15, -0.1) is 0 Å². The van der Waals surface area contributed by atoms with Gasteiger partial charge in [-0.05, 0) is 57.8 Å². The van der Waals surface area contributed by atoms with Gasteiger partial charge in [-0.1, -0.05) is 13.8 Å². The summed E-state index contributed by atoms with van der Waals surface area (Å²) >= 11 is 0. The largest absolute Gasteiger partial charge is 0.480 e. The Labute approximate surface area is 169 Å². The molecule has 1 atom stereocenters. The summed E-state index contributed by atoms with van der Waals surface area (Å²) in [5.41, 5.74) is 0. The van der Waals surface area contributed by atoms with E-state index in [4.69, 9.17) is 9.84 Å². The standard InChI is InChI=1S/C20H38N4O4/c1-16(2)4-7-23-8-5-17(6-9-23)12-21-20(27)24-10-11-28-18(14-24)13-22(3)15-19(25)26/h16-18H,4-15H2,1-3H3,(H,21,27)(H,25,26). The molecule has 2 fully saturated rings. The number of urea groups is 1. The predicted octanol–water partition coefficient (Wildman–Crippen LogP) is 1.17. The molecule has 2 amide bonds. The van der Waals surface area contributed by atoms with Crippen LogP contribution < -0.4 is 5.32 Å². The number of carbonyl (C=O) groups is 2. The minimum atomic E-state index is -0.858. The molecular formula is C20H38N4O4.